The normalized spacial score (nSPS) is 9.52. The fourth-order valence-corrected chi connectivity index (χ4v) is 2.69. The molecule has 202 valence electrons. The Balaban J connectivity index is -0.000000243. The molecule has 0 fully saturated rings. The summed E-state index contributed by atoms with van der Waals surface area (Å²) in [6.07, 6.45) is 22.9. The Morgan fingerprint density at radius 1 is 0.576 bits per heavy atom. The molecule has 0 heterocycles. The zero-order chi connectivity index (χ0) is 26.0. The summed E-state index contributed by atoms with van der Waals surface area (Å²) >= 11 is 6.83. The molecule has 0 bridgehead atoms. The van der Waals surface area contributed by atoms with E-state index in [2.05, 4.69) is 32.2 Å². The van der Waals surface area contributed by atoms with Crippen molar-refractivity contribution in [3.8, 4) is 0 Å². The molecule has 0 radical (unpaired) electrons. The number of carboxylic acid groups (broad SMARTS) is 2. The van der Waals surface area contributed by atoms with E-state index in [1.807, 2.05) is 0 Å². The van der Waals surface area contributed by atoms with E-state index in [-0.39, 0.29) is 24.7 Å². The minimum Gasteiger partial charge on any atom is -0.481 e. The molecule has 9 heteroatoms. The number of carbonyl (C=O) groups is 2. The van der Waals surface area contributed by atoms with Gasteiger partial charge in [0, 0.05) is 0 Å². The number of hydrogen-bond donors (Lipinski definition) is 7. The van der Waals surface area contributed by atoms with Crippen LogP contribution in [0, 0.1) is 0 Å². The quantitative estimate of drug-likeness (QED) is 0.0928. The van der Waals surface area contributed by atoms with Gasteiger partial charge >= 0.3 is 11.9 Å². The SMILES string of the molecule is CCCCCCCCCCCCCCCCCCN.O=C(O)CS.O=C(O)CS.OCCO. The molecule has 0 aliphatic carbocycles. The van der Waals surface area contributed by atoms with Gasteiger partial charge < -0.3 is 26.2 Å². The highest BCUT2D eigenvalue weighted by Gasteiger charge is 1.94. The largest absolute Gasteiger partial charge is 0.481 e. The lowest BCUT2D eigenvalue weighted by atomic mass is 10.0. The first-order valence-corrected chi connectivity index (χ1v) is 13.7. The number of thiol groups is 2. The van der Waals surface area contributed by atoms with Crippen LogP contribution in [0.3, 0.4) is 0 Å². The summed E-state index contributed by atoms with van der Waals surface area (Å²) in [5.41, 5.74) is 5.48. The van der Waals surface area contributed by atoms with Crippen LogP contribution in [0.25, 0.3) is 0 Å². The van der Waals surface area contributed by atoms with Crippen LogP contribution < -0.4 is 5.73 Å². The molecule has 0 aliphatic rings. The molecular weight excluding hydrogens is 462 g/mol. The Labute approximate surface area is 213 Å². The average molecular weight is 516 g/mol. The second-order valence-electron chi connectivity index (χ2n) is 7.64. The topological polar surface area (TPSA) is 141 Å². The van der Waals surface area contributed by atoms with Crippen molar-refractivity contribution in [1.82, 2.24) is 0 Å². The van der Waals surface area contributed by atoms with Crippen LogP contribution >= 0.6 is 25.3 Å². The first-order chi connectivity index (χ1) is 15.9. The smallest absolute Gasteiger partial charge is 0.313 e. The van der Waals surface area contributed by atoms with Gasteiger partial charge in [0.15, 0.2) is 0 Å². The Hall–Kier alpha value is -0.480. The van der Waals surface area contributed by atoms with Crippen LogP contribution in [0.1, 0.15) is 110 Å². The van der Waals surface area contributed by atoms with Crippen LogP contribution in [0.5, 0.6) is 0 Å². The van der Waals surface area contributed by atoms with Gasteiger partial charge in [-0.25, -0.2) is 0 Å². The molecule has 0 aliphatic heterocycles. The zero-order valence-electron chi connectivity index (χ0n) is 20.9. The fourth-order valence-electron chi connectivity index (χ4n) is 2.69. The van der Waals surface area contributed by atoms with Gasteiger partial charge in [-0.15, -0.1) is 0 Å². The maximum atomic E-state index is 9.29. The highest BCUT2D eigenvalue weighted by Crippen LogP contribution is 2.13. The number of unbranched alkanes of at least 4 members (excludes halogenated alkanes) is 15. The van der Waals surface area contributed by atoms with Gasteiger partial charge in [0.1, 0.15) is 0 Å². The molecule has 7 nitrogen and oxygen atoms in total. The van der Waals surface area contributed by atoms with E-state index in [4.69, 9.17) is 26.2 Å². The van der Waals surface area contributed by atoms with Gasteiger partial charge in [-0.3, -0.25) is 9.59 Å². The second kappa shape index (κ2) is 41.7. The lowest BCUT2D eigenvalue weighted by molar-refractivity contribution is -0.134. The molecule has 0 unspecified atom stereocenters. The van der Waals surface area contributed by atoms with Gasteiger partial charge in [0.25, 0.3) is 0 Å². The monoisotopic (exact) mass is 515 g/mol. The number of nitrogens with two attached hydrogens (primary N) is 1. The molecule has 0 saturated heterocycles. The van der Waals surface area contributed by atoms with Gasteiger partial charge in [-0.2, -0.15) is 25.3 Å². The molecule has 0 aromatic carbocycles. The maximum Gasteiger partial charge on any atom is 0.313 e. The van der Waals surface area contributed by atoms with E-state index < -0.39 is 11.9 Å². The molecule has 33 heavy (non-hydrogen) atoms. The van der Waals surface area contributed by atoms with E-state index in [9.17, 15) is 9.59 Å². The second-order valence-corrected chi connectivity index (χ2v) is 8.28. The van der Waals surface area contributed by atoms with Crippen molar-refractivity contribution in [2.24, 2.45) is 5.73 Å². The van der Waals surface area contributed by atoms with Crippen molar-refractivity contribution in [3.63, 3.8) is 0 Å². The molecular formula is C24H53NO6S2. The number of aliphatic carboxylic acids is 2. The van der Waals surface area contributed by atoms with Crippen molar-refractivity contribution < 1.29 is 30.0 Å². The van der Waals surface area contributed by atoms with E-state index in [0.29, 0.717) is 0 Å². The predicted octanol–water partition coefficient (Wildman–Crippen LogP) is 5.18. The summed E-state index contributed by atoms with van der Waals surface area (Å²) in [4.78, 5) is 18.6. The van der Waals surface area contributed by atoms with Crippen molar-refractivity contribution in [3.05, 3.63) is 0 Å². The van der Waals surface area contributed by atoms with Crippen molar-refractivity contribution in [2.45, 2.75) is 110 Å². The van der Waals surface area contributed by atoms with Gasteiger partial charge in [0.2, 0.25) is 0 Å². The van der Waals surface area contributed by atoms with Gasteiger partial charge in [-0.1, -0.05) is 103 Å². The molecule has 0 aromatic heterocycles. The Bertz CT molecular complexity index is 332. The number of hydrogen-bond acceptors (Lipinski definition) is 7. The minimum atomic E-state index is -0.881. The molecule has 0 atom stereocenters. The third kappa shape index (κ3) is 65.2. The summed E-state index contributed by atoms with van der Waals surface area (Å²) < 4.78 is 0. The fraction of sp³-hybridized carbons (Fsp3) is 0.917. The van der Waals surface area contributed by atoms with Crippen LogP contribution in [0.2, 0.25) is 0 Å². The summed E-state index contributed by atoms with van der Waals surface area (Å²) in [7, 11) is 0. The third-order valence-corrected chi connectivity index (χ3v) is 4.97. The van der Waals surface area contributed by atoms with Crippen LogP contribution in [0.4, 0.5) is 0 Å². The lowest BCUT2D eigenvalue weighted by Crippen LogP contribution is -1.97. The van der Waals surface area contributed by atoms with Crippen LogP contribution in [-0.2, 0) is 9.59 Å². The summed E-state index contributed by atoms with van der Waals surface area (Å²) in [6.45, 7) is 2.91. The van der Waals surface area contributed by atoms with Crippen molar-refractivity contribution >= 4 is 37.2 Å². The maximum absolute atomic E-state index is 9.29. The molecule has 0 rings (SSSR count). The number of carboxylic acids is 2. The average Bonchev–Trinajstić information content (AvgIpc) is 2.82. The van der Waals surface area contributed by atoms with Crippen LogP contribution in [-0.4, -0.2) is 63.6 Å². The summed E-state index contributed by atoms with van der Waals surface area (Å²) in [5.74, 6) is -1.93. The van der Waals surface area contributed by atoms with Gasteiger partial charge in [-0.05, 0) is 13.0 Å². The van der Waals surface area contributed by atoms with Crippen molar-refractivity contribution in [1.29, 1.82) is 0 Å². The molecule has 0 spiro atoms. The zero-order valence-corrected chi connectivity index (χ0v) is 22.7. The molecule has 6 N–H and O–H groups in total. The van der Waals surface area contributed by atoms with E-state index in [1.165, 1.54) is 103 Å². The van der Waals surface area contributed by atoms with E-state index in [0.717, 1.165) is 6.54 Å². The first kappa shape index (κ1) is 39.7. The highest BCUT2D eigenvalue weighted by atomic mass is 32.1. The van der Waals surface area contributed by atoms with Crippen molar-refractivity contribution in [2.75, 3.05) is 31.3 Å². The first-order valence-electron chi connectivity index (χ1n) is 12.4. The predicted molar refractivity (Wildman–Crippen MR) is 146 cm³/mol. The summed E-state index contributed by atoms with van der Waals surface area (Å²) in [6, 6.07) is 0. The number of aliphatic hydroxyl groups is 2. The molecule has 0 amide bonds. The lowest BCUT2D eigenvalue weighted by Gasteiger charge is -2.03. The Kier molecular flexibility index (Phi) is 50.2. The van der Waals surface area contributed by atoms with Crippen LogP contribution in [0.15, 0.2) is 0 Å². The molecule has 0 saturated carbocycles. The number of aliphatic hydroxyl groups excluding tert-OH is 2. The van der Waals surface area contributed by atoms with E-state index >= 15 is 0 Å². The Morgan fingerprint density at radius 3 is 0.939 bits per heavy atom. The van der Waals surface area contributed by atoms with E-state index in [1.54, 1.807) is 0 Å². The third-order valence-electron chi connectivity index (χ3n) is 4.43. The van der Waals surface area contributed by atoms with Gasteiger partial charge in [0.05, 0.1) is 24.7 Å². The number of rotatable bonds is 19. The Morgan fingerprint density at radius 2 is 0.788 bits per heavy atom. The highest BCUT2D eigenvalue weighted by molar-refractivity contribution is 7.81. The molecule has 0 aromatic rings. The minimum absolute atomic E-state index is 0.0833. The standard InChI is InChI=1S/C18H39N.2C2H4O2S.C2H6O2/c1-2-3-4-5-6-7-8-9-10-11-12-13-14-15-16-17-18-19;2*3-2(4)1-5;3-1-2-4/h2-19H2,1H3;2*5H,1H2,(H,3,4);3-4H,1-2H2. The summed E-state index contributed by atoms with van der Waals surface area (Å²) in [5, 5.41) is 30.5.